The van der Waals surface area contributed by atoms with Gasteiger partial charge in [-0.3, -0.25) is 4.79 Å². The molecule has 118 valence electrons. The highest BCUT2D eigenvalue weighted by atomic mass is 19.1. The summed E-state index contributed by atoms with van der Waals surface area (Å²) in [5, 5.41) is 12.2. The van der Waals surface area contributed by atoms with Crippen molar-refractivity contribution in [3.05, 3.63) is 23.8 Å². The Kier molecular flexibility index (Phi) is 3.52. The third-order valence-corrected chi connectivity index (χ3v) is 4.43. The van der Waals surface area contributed by atoms with Crippen LogP contribution in [0.1, 0.15) is 16.8 Å². The smallest absolute Gasteiger partial charge is 0.339 e. The summed E-state index contributed by atoms with van der Waals surface area (Å²) < 4.78 is 20.0. The van der Waals surface area contributed by atoms with Crippen LogP contribution < -0.4 is 15.0 Å². The van der Waals surface area contributed by atoms with Crippen molar-refractivity contribution in [3.8, 4) is 5.75 Å². The van der Waals surface area contributed by atoms with Gasteiger partial charge in [0.1, 0.15) is 11.3 Å². The normalized spacial score (nSPS) is 27.6. The van der Waals surface area contributed by atoms with Crippen molar-refractivity contribution in [1.82, 2.24) is 5.32 Å². The van der Waals surface area contributed by atoms with Crippen LogP contribution in [0.3, 0.4) is 0 Å². The van der Waals surface area contributed by atoms with E-state index in [1.807, 2.05) is 0 Å². The van der Waals surface area contributed by atoms with Crippen LogP contribution in [0.5, 0.6) is 5.75 Å². The first-order valence-electron chi connectivity index (χ1n) is 7.10. The first-order valence-corrected chi connectivity index (χ1v) is 7.10. The molecule has 0 unspecified atom stereocenters. The molecule has 22 heavy (non-hydrogen) atoms. The van der Waals surface area contributed by atoms with Crippen LogP contribution in [0.25, 0.3) is 0 Å². The molecule has 1 aromatic carbocycles. The second kappa shape index (κ2) is 5.24. The number of benzene rings is 1. The molecule has 2 aliphatic rings. The molecule has 3 rings (SSSR count). The molecule has 0 saturated carbocycles. The van der Waals surface area contributed by atoms with Gasteiger partial charge in [0.25, 0.3) is 5.91 Å². The minimum atomic E-state index is -1.83. The summed E-state index contributed by atoms with van der Waals surface area (Å²) in [6.07, 6.45) is 0.164. The van der Waals surface area contributed by atoms with Gasteiger partial charge in [-0.15, -0.1) is 0 Å². The Bertz CT molecular complexity index is 636. The number of hydrogen-bond donors (Lipinski definition) is 2. The molecule has 6 nitrogen and oxygen atoms in total. The highest BCUT2D eigenvalue weighted by Crippen LogP contribution is 2.40. The van der Waals surface area contributed by atoms with Crippen molar-refractivity contribution < 1.29 is 23.8 Å². The number of rotatable bonds is 3. The number of nitrogens with zero attached hydrogens (tertiary/aromatic N) is 1. The topological polar surface area (TPSA) is 78.9 Å². The van der Waals surface area contributed by atoms with Crippen LogP contribution in [0, 0.1) is 5.92 Å². The number of alkyl halides is 1. The van der Waals surface area contributed by atoms with Crippen molar-refractivity contribution in [2.24, 2.45) is 5.92 Å². The predicted octanol–water partition coefficient (Wildman–Crippen LogP) is 1.06. The lowest BCUT2D eigenvalue weighted by Gasteiger charge is -2.29. The SMILES string of the molecule is COc1cc(N2C[C@@H]3CNCC[C@]3(F)C2=O)ccc1C(=O)O. The molecular weight excluding hydrogens is 291 g/mol. The van der Waals surface area contributed by atoms with Crippen molar-refractivity contribution in [2.75, 3.05) is 31.6 Å². The van der Waals surface area contributed by atoms with Gasteiger partial charge in [-0.25, -0.2) is 9.18 Å². The fourth-order valence-electron chi connectivity index (χ4n) is 3.18. The lowest BCUT2D eigenvalue weighted by molar-refractivity contribution is -0.130. The maximum Gasteiger partial charge on any atom is 0.339 e. The number of ether oxygens (including phenoxy) is 1. The van der Waals surface area contributed by atoms with Crippen LogP contribution in [0.15, 0.2) is 18.2 Å². The third-order valence-electron chi connectivity index (χ3n) is 4.43. The van der Waals surface area contributed by atoms with Gasteiger partial charge in [0.15, 0.2) is 5.67 Å². The van der Waals surface area contributed by atoms with Gasteiger partial charge in [0, 0.05) is 37.2 Å². The molecule has 0 spiro atoms. The number of fused-ring (bicyclic) bond motifs is 1. The summed E-state index contributed by atoms with van der Waals surface area (Å²) in [4.78, 5) is 24.9. The first kappa shape index (κ1) is 14.8. The maximum absolute atomic E-state index is 14.9. The molecule has 7 heteroatoms. The number of nitrogens with one attached hydrogen (secondary N) is 1. The molecule has 2 aliphatic heterocycles. The number of amides is 1. The summed E-state index contributed by atoms with van der Waals surface area (Å²) in [5.41, 5.74) is -1.37. The Hall–Kier alpha value is -2.15. The summed E-state index contributed by atoms with van der Waals surface area (Å²) in [5.74, 6) is -1.90. The molecular formula is C15H17FN2O4. The third kappa shape index (κ3) is 2.12. The number of carboxylic acid groups (broad SMARTS) is 1. The van der Waals surface area contributed by atoms with Crippen molar-refractivity contribution in [2.45, 2.75) is 12.1 Å². The van der Waals surface area contributed by atoms with E-state index in [2.05, 4.69) is 5.32 Å². The quantitative estimate of drug-likeness (QED) is 0.873. The zero-order valence-corrected chi connectivity index (χ0v) is 12.1. The number of aromatic carboxylic acids is 1. The van der Waals surface area contributed by atoms with E-state index < -0.39 is 17.5 Å². The summed E-state index contributed by atoms with van der Waals surface area (Å²) in [6, 6.07) is 4.35. The van der Waals surface area contributed by atoms with E-state index in [-0.39, 0.29) is 30.2 Å². The summed E-state index contributed by atoms with van der Waals surface area (Å²) >= 11 is 0. The zero-order valence-electron chi connectivity index (χ0n) is 12.1. The second-order valence-corrected chi connectivity index (χ2v) is 5.62. The lowest BCUT2D eigenvalue weighted by Crippen LogP contribution is -2.49. The van der Waals surface area contributed by atoms with Gasteiger partial charge in [-0.05, 0) is 18.7 Å². The zero-order chi connectivity index (χ0) is 15.9. The van der Waals surface area contributed by atoms with Gasteiger partial charge in [-0.1, -0.05) is 0 Å². The lowest BCUT2D eigenvalue weighted by atomic mass is 9.86. The molecule has 0 aromatic heterocycles. The molecule has 0 bridgehead atoms. The molecule has 2 saturated heterocycles. The first-order chi connectivity index (χ1) is 10.5. The number of carboxylic acids is 1. The molecule has 2 N–H and O–H groups in total. The highest BCUT2D eigenvalue weighted by molar-refractivity contribution is 6.03. The largest absolute Gasteiger partial charge is 0.496 e. The molecule has 2 heterocycles. The van der Waals surface area contributed by atoms with Gasteiger partial charge < -0.3 is 20.1 Å². The fourth-order valence-corrected chi connectivity index (χ4v) is 3.18. The Balaban J connectivity index is 1.95. The number of carbonyl (C=O) groups is 2. The maximum atomic E-state index is 14.9. The number of hydrogen-bond acceptors (Lipinski definition) is 4. The summed E-state index contributed by atoms with van der Waals surface area (Å²) in [7, 11) is 1.36. The molecule has 1 amide bonds. The summed E-state index contributed by atoms with van der Waals surface area (Å²) in [6.45, 7) is 1.22. The molecule has 0 aliphatic carbocycles. The van der Waals surface area contributed by atoms with Gasteiger partial charge in [0.05, 0.1) is 7.11 Å². The number of methoxy groups -OCH3 is 1. The van der Waals surface area contributed by atoms with Crippen molar-refractivity contribution >= 4 is 17.6 Å². The van der Waals surface area contributed by atoms with Crippen molar-refractivity contribution in [1.29, 1.82) is 0 Å². The van der Waals surface area contributed by atoms with E-state index >= 15 is 0 Å². The fraction of sp³-hybridized carbons (Fsp3) is 0.467. The predicted molar refractivity (Wildman–Crippen MR) is 77.1 cm³/mol. The average Bonchev–Trinajstić information content (AvgIpc) is 2.78. The Morgan fingerprint density at radius 3 is 2.95 bits per heavy atom. The van der Waals surface area contributed by atoms with Crippen LogP contribution >= 0.6 is 0 Å². The van der Waals surface area contributed by atoms with E-state index in [0.717, 1.165) is 0 Å². The molecule has 2 fully saturated rings. The van der Waals surface area contributed by atoms with Gasteiger partial charge in [0.2, 0.25) is 0 Å². The van der Waals surface area contributed by atoms with Gasteiger partial charge >= 0.3 is 5.97 Å². The molecule has 0 radical (unpaired) electrons. The second-order valence-electron chi connectivity index (χ2n) is 5.62. The molecule has 1 aromatic rings. The minimum absolute atomic E-state index is 0.00643. The van der Waals surface area contributed by atoms with Crippen LogP contribution in [-0.4, -0.2) is 49.4 Å². The van der Waals surface area contributed by atoms with Gasteiger partial charge in [-0.2, -0.15) is 0 Å². The van der Waals surface area contributed by atoms with E-state index in [1.54, 1.807) is 0 Å². The Morgan fingerprint density at radius 1 is 1.55 bits per heavy atom. The number of carbonyl (C=O) groups excluding carboxylic acids is 1. The van der Waals surface area contributed by atoms with Crippen LogP contribution in [-0.2, 0) is 4.79 Å². The van der Waals surface area contributed by atoms with Crippen LogP contribution in [0.4, 0.5) is 10.1 Å². The standard InChI is InChI=1S/C15H17FN2O4/c1-22-12-6-10(2-3-11(12)13(19)20)18-8-9-7-17-5-4-15(9,16)14(18)21/h2-3,6,9,17H,4-5,7-8H2,1H3,(H,19,20)/t9-,15+/m0/s1. The minimum Gasteiger partial charge on any atom is -0.496 e. The average molecular weight is 308 g/mol. The van der Waals surface area contributed by atoms with E-state index in [9.17, 15) is 14.0 Å². The molecule has 2 atom stereocenters. The van der Waals surface area contributed by atoms with E-state index in [0.29, 0.717) is 18.8 Å². The Labute approximate surface area is 126 Å². The number of piperidine rings is 1. The number of halogens is 1. The van der Waals surface area contributed by atoms with Crippen molar-refractivity contribution in [3.63, 3.8) is 0 Å². The monoisotopic (exact) mass is 308 g/mol. The highest BCUT2D eigenvalue weighted by Gasteiger charge is 2.56. The van der Waals surface area contributed by atoms with E-state index in [4.69, 9.17) is 9.84 Å². The Morgan fingerprint density at radius 2 is 2.32 bits per heavy atom. The van der Waals surface area contributed by atoms with E-state index in [1.165, 1.54) is 30.2 Å². The number of anilines is 1. The van der Waals surface area contributed by atoms with Crippen LogP contribution in [0.2, 0.25) is 0 Å².